The summed E-state index contributed by atoms with van der Waals surface area (Å²) >= 11 is 0. The number of aryl methyl sites for hydroxylation is 2. The summed E-state index contributed by atoms with van der Waals surface area (Å²) in [4.78, 5) is 14.0. The van der Waals surface area contributed by atoms with E-state index in [-0.39, 0.29) is 0 Å². The van der Waals surface area contributed by atoms with Gasteiger partial charge in [0.1, 0.15) is 0 Å². The topological polar surface area (TPSA) is 40.5 Å². The van der Waals surface area contributed by atoms with Gasteiger partial charge in [-0.2, -0.15) is 0 Å². The van der Waals surface area contributed by atoms with Crippen molar-refractivity contribution in [3.05, 3.63) is 82.9 Å². The Morgan fingerprint density at radius 1 is 1.21 bits per heavy atom. The molecule has 0 bridgehead atoms. The van der Waals surface area contributed by atoms with Crippen molar-refractivity contribution >= 4 is 5.97 Å². The zero-order valence-electron chi connectivity index (χ0n) is 17.6. The molecule has 1 atom stereocenters. The Morgan fingerprint density at radius 3 is 2.79 bits per heavy atom. The van der Waals surface area contributed by atoms with Gasteiger partial charge in [-0.3, -0.25) is 4.90 Å². The van der Waals surface area contributed by atoms with Crippen LogP contribution >= 0.6 is 0 Å². The normalized spacial score (nSPS) is 15.9. The van der Waals surface area contributed by atoms with Gasteiger partial charge >= 0.3 is 5.97 Å². The number of benzene rings is 2. The second kappa shape index (κ2) is 10.4. The fraction of sp³-hybridized carbons (Fsp3) is 0.423. The number of carboxylic acids is 1. The predicted molar refractivity (Wildman–Crippen MR) is 120 cm³/mol. The Labute approximate surface area is 175 Å². The van der Waals surface area contributed by atoms with Crippen LogP contribution in [-0.2, 0) is 12.8 Å². The Balaban J connectivity index is 1.79. The van der Waals surface area contributed by atoms with Crippen LogP contribution in [0.25, 0.3) is 0 Å². The molecule has 0 aromatic heterocycles. The van der Waals surface area contributed by atoms with E-state index in [1.165, 1.54) is 35.1 Å². The molecule has 1 aliphatic rings. The largest absolute Gasteiger partial charge is 0.478 e. The third kappa shape index (κ3) is 5.57. The fourth-order valence-corrected chi connectivity index (χ4v) is 4.48. The maximum atomic E-state index is 11.4. The van der Waals surface area contributed by atoms with Crippen molar-refractivity contribution in [1.82, 2.24) is 4.90 Å². The van der Waals surface area contributed by atoms with Crippen LogP contribution in [0.5, 0.6) is 0 Å². The zero-order valence-corrected chi connectivity index (χ0v) is 17.6. The van der Waals surface area contributed by atoms with Crippen molar-refractivity contribution in [2.75, 3.05) is 13.1 Å². The lowest BCUT2D eigenvalue weighted by atomic mass is 9.85. The molecule has 3 nitrogen and oxygen atoms in total. The number of carbonyl (C=O) groups is 1. The fourth-order valence-electron chi connectivity index (χ4n) is 4.48. The van der Waals surface area contributed by atoms with Crippen LogP contribution in [0.3, 0.4) is 0 Å². The molecule has 0 radical (unpaired) electrons. The van der Waals surface area contributed by atoms with E-state index in [0.29, 0.717) is 11.6 Å². The van der Waals surface area contributed by atoms with Crippen molar-refractivity contribution in [3.8, 4) is 0 Å². The highest BCUT2D eigenvalue weighted by Gasteiger charge is 2.26. The van der Waals surface area contributed by atoms with E-state index in [4.69, 9.17) is 0 Å². The summed E-state index contributed by atoms with van der Waals surface area (Å²) in [5.41, 5.74) is 5.72. The van der Waals surface area contributed by atoms with Crippen molar-refractivity contribution < 1.29 is 9.90 Å². The van der Waals surface area contributed by atoms with E-state index < -0.39 is 5.97 Å². The Kier molecular flexibility index (Phi) is 7.65. The van der Waals surface area contributed by atoms with Gasteiger partial charge in [-0.25, -0.2) is 4.79 Å². The predicted octanol–water partition coefficient (Wildman–Crippen LogP) is 5.97. The smallest absolute Gasteiger partial charge is 0.335 e. The number of fused-ring (bicyclic) bond motifs is 1. The molecule has 0 aliphatic heterocycles. The van der Waals surface area contributed by atoms with Gasteiger partial charge < -0.3 is 5.11 Å². The molecule has 0 saturated heterocycles. The quantitative estimate of drug-likeness (QED) is 0.400. The molecule has 3 heteroatoms. The van der Waals surface area contributed by atoms with E-state index in [1.54, 1.807) is 6.07 Å². The van der Waals surface area contributed by atoms with Gasteiger partial charge in [-0.05, 0) is 92.8 Å². The molecule has 1 aliphatic carbocycles. The van der Waals surface area contributed by atoms with E-state index in [1.807, 2.05) is 12.1 Å². The average molecular weight is 392 g/mol. The Hall–Kier alpha value is -2.39. The number of nitrogens with zero attached hydrogens (tertiary/aromatic N) is 1. The number of unbranched alkanes of at least 4 members (excludes halogenated alkanes) is 2. The van der Waals surface area contributed by atoms with Crippen molar-refractivity contribution in [1.29, 1.82) is 0 Å². The van der Waals surface area contributed by atoms with E-state index in [9.17, 15) is 9.90 Å². The third-order valence-electron chi connectivity index (χ3n) is 6.15. The van der Waals surface area contributed by atoms with E-state index in [2.05, 4.69) is 48.7 Å². The van der Waals surface area contributed by atoms with E-state index >= 15 is 0 Å². The standard InChI is InChI=1S/C26H33NO2/c1-3-4-5-8-17-27(18-16-21-11-7-6-10-20(21)2)25-13-9-12-22-19-23(26(28)29)14-15-24(22)25/h3,6-7,10-11,14-15,19,25H,1,4-5,8-9,12-13,16-18H2,2H3,(H,28,29). The summed E-state index contributed by atoms with van der Waals surface area (Å²) in [6.07, 6.45) is 9.70. The molecule has 2 aromatic rings. The lowest BCUT2D eigenvalue weighted by Crippen LogP contribution is -2.34. The Bertz CT molecular complexity index is 842. The number of hydrogen-bond donors (Lipinski definition) is 1. The van der Waals surface area contributed by atoms with Crippen molar-refractivity contribution in [2.45, 2.75) is 57.9 Å². The average Bonchev–Trinajstić information content (AvgIpc) is 2.73. The summed E-state index contributed by atoms with van der Waals surface area (Å²) in [6.45, 7) is 8.14. The highest BCUT2D eigenvalue weighted by Crippen LogP contribution is 2.35. The zero-order chi connectivity index (χ0) is 20.6. The number of allylic oxidation sites excluding steroid dienone is 1. The highest BCUT2D eigenvalue weighted by molar-refractivity contribution is 5.88. The summed E-state index contributed by atoms with van der Waals surface area (Å²) in [7, 11) is 0. The van der Waals surface area contributed by atoms with Crippen LogP contribution in [0, 0.1) is 6.92 Å². The first-order valence-corrected chi connectivity index (χ1v) is 10.9. The molecular formula is C26H33NO2. The SMILES string of the molecule is C=CCCCCN(CCc1ccccc1C)C1CCCc2cc(C(=O)O)ccc21. The van der Waals surface area contributed by atoms with E-state index in [0.717, 1.165) is 45.2 Å². The lowest BCUT2D eigenvalue weighted by Gasteiger charge is -2.36. The van der Waals surface area contributed by atoms with Gasteiger partial charge in [-0.15, -0.1) is 6.58 Å². The maximum absolute atomic E-state index is 11.4. The molecule has 0 amide bonds. The van der Waals surface area contributed by atoms with Gasteiger partial charge in [0, 0.05) is 12.6 Å². The third-order valence-corrected chi connectivity index (χ3v) is 6.15. The van der Waals surface area contributed by atoms with Gasteiger partial charge in [0.2, 0.25) is 0 Å². The molecule has 2 aromatic carbocycles. The van der Waals surface area contributed by atoms with Crippen molar-refractivity contribution in [2.24, 2.45) is 0 Å². The Morgan fingerprint density at radius 2 is 2.03 bits per heavy atom. The molecule has 3 rings (SSSR count). The first-order valence-electron chi connectivity index (χ1n) is 10.9. The number of hydrogen-bond acceptors (Lipinski definition) is 2. The van der Waals surface area contributed by atoms with Crippen LogP contribution in [0.2, 0.25) is 0 Å². The first kappa shape index (κ1) is 21.3. The molecule has 0 spiro atoms. The molecule has 0 heterocycles. The lowest BCUT2D eigenvalue weighted by molar-refractivity contribution is 0.0696. The number of rotatable bonds is 10. The molecule has 1 N–H and O–H groups in total. The van der Waals surface area contributed by atoms with Gasteiger partial charge in [0.15, 0.2) is 0 Å². The summed E-state index contributed by atoms with van der Waals surface area (Å²) < 4.78 is 0. The van der Waals surface area contributed by atoms with Crippen LogP contribution in [0.4, 0.5) is 0 Å². The summed E-state index contributed by atoms with van der Waals surface area (Å²) in [5, 5.41) is 9.35. The molecule has 29 heavy (non-hydrogen) atoms. The second-order valence-electron chi connectivity index (χ2n) is 8.12. The highest BCUT2D eigenvalue weighted by atomic mass is 16.4. The van der Waals surface area contributed by atoms with Crippen LogP contribution in [0.15, 0.2) is 55.1 Å². The number of aromatic carboxylic acids is 1. The minimum absolute atomic E-state index is 0.384. The molecule has 1 unspecified atom stereocenters. The monoisotopic (exact) mass is 391 g/mol. The number of carboxylic acid groups (broad SMARTS) is 1. The summed E-state index contributed by atoms with van der Waals surface area (Å²) in [6, 6.07) is 14.8. The van der Waals surface area contributed by atoms with Crippen LogP contribution in [-0.4, -0.2) is 29.1 Å². The van der Waals surface area contributed by atoms with Gasteiger partial charge in [-0.1, -0.05) is 36.4 Å². The summed E-state index contributed by atoms with van der Waals surface area (Å²) in [5.74, 6) is -0.837. The first-order chi connectivity index (χ1) is 14.1. The molecule has 0 fully saturated rings. The second-order valence-corrected chi connectivity index (χ2v) is 8.12. The van der Waals surface area contributed by atoms with Crippen LogP contribution in [0.1, 0.15) is 70.8 Å². The van der Waals surface area contributed by atoms with Crippen molar-refractivity contribution in [3.63, 3.8) is 0 Å². The minimum Gasteiger partial charge on any atom is -0.478 e. The molecule has 154 valence electrons. The van der Waals surface area contributed by atoms with Gasteiger partial charge in [0.25, 0.3) is 0 Å². The van der Waals surface area contributed by atoms with Crippen LogP contribution < -0.4 is 0 Å². The minimum atomic E-state index is -0.837. The maximum Gasteiger partial charge on any atom is 0.335 e. The van der Waals surface area contributed by atoms with Gasteiger partial charge in [0.05, 0.1) is 5.56 Å². The molecule has 0 saturated carbocycles. The molecular weight excluding hydrogens is 358 g/mol.